The maximum atomic E-state index is 11.1. The van der Waals surface area contributed by atoms with Crippen molar-refractivity contribution in [3.8, 4) is 5.75 Å². The van der Waals surface area contributed by atoms with Crippen LogP contribution in [0.3, 0.4) is 0 Å². The van der Waals surface area contributed by atoms with Gasteiger partial charge < -0.3 is 10.8 Å². The maximum Gasteiger partial charge on any atom is 0.296 e. The number of aryl methyl sites for hydroxylation is 1. The lowest BCUT2D eigenvalue weighted by molar-refractivity contribution is 0.476. The highest BCUT2D eigenvalue weighted by Gasteiger charge is 2.17. The van der Waals surface area contributed by atoms with Gasteiger partial charge in [-0.05, 0) is 42.5 Å². The molecule has 5 nitrogen and oxygen atoms in total. The minimum Gasteiger partial charge on any atom is -0.507 e. The molecule has 6 heteroatoms. The van der Waals surface area contributed by atoms with Crippen molar-refractivity contribution in [2.24, 2.45) is 0 Å². The van der Waals surface area contributed by atoms with Crippen LogP contribution in [0.4, 0.5) is 5.69 Å². The van der Waals surface area contributed by atoms with E-state index in [4.69, 9.17) is 10.3 Å². The summed E-state index contributed by atoms with van der Waals surface area (Å²) < 4.78 is 31.3. The Bertz CT molecular complexity index is 750. The molecule has 0 saturated heterocycles. The Labute approximate surface area is 105 Å². The molecule has 0 spiro atoms. The molecule has 18 heavy (non-hydrogen) atoms. The van der Waals surface area contributed by atoms with Crippen LogP contribution < -0.4 is 5.73 Å². The molecular weight excluding hydrogens is 254 g/mol. The summed E-state index contributed by atoms with van der Waals surface area (Å²) in [6, 6.07) is 4.34. The largest absolute Gasteiger partial charge is 0.507 e. The molecule has 0 aromatic heterocycles. The number of nitrogens with two attached hydrogens (primary N) is 1. The van der Waals surface area contributed by atoms with E-state index in [9.17, 15) is 13.5 Å². The van der Waals surface area contributed by atoms with Gasteiger partial charge in [0.25, 0.3) is 10.1 Å². The quantitative estimate of drug-likeness (QED) is 0.542. The molecule has 0 aliphatic carbocycles. The number of hydrogen-bond acceptors (Lipinski definition) is 4. The number of phenolic OH excluding ortho intramolecular Hbond substituents is 1. The average molecular weight is 267 g/mol. The van der Waals surface area contributed by atoms with Gasteiger partial charge in [0.2, 0.25) is 0 Å². The van der Waals surface area contributed by atoms with Gasteiger partial charge >= 0.3 is 0 Å². The number of aromatic hydroxyl groups is 1. The lowest BCUT2D eigenvalue weighted by Crippen LogP contribution is -2.03. The minimum absolute atomic E-state index is 0.0681. The standard InChI is InChI=1S/C12H13NO4S/c1-6-3-8-4-11(18(15,16)17)10(13)5-9(8)12(14)7(6)2/h3-5,14H,13H2,1-2H3,(H,15,16,17). The Morgan fingerprint density at radius 3 is 2.33 bits per heavy atom. The van der Waals surface area contributed by atoms with E-state index in [1.807, 2.05) is 0 Å². The first-order valence-corrected chi connectivity index (χ1v) is 6.65. The summed E-state index contributed by atoms with van der Waals surface area (Å²) >= 11 is 0. The Morgan fingerprint density at radius 1 is 1.17 bits per heavy atom. The Morgan fingerprint density at radius 2 is 1.78 bits per heavy atom. The summed E-state index contributed by atoms with van der Waals surface area (Å²) in [6.07, 6.45) is 0. The Kier molecular flexibility index (Phi) is 2.71. The molecule has 0 unspecified atom stereocenters. The second-order valence-electron chi connectivity index (χ2n) is 4.25. The van der Waals surface area contributed by atoms with Crippen LogP contribution in [0.1, 0.15) is 11.1 Å². The molecule has 4 N–H and O–H groups in total. The van der Waals surface area contributed by atoms with Gasteiger partial charge in [0.15, 0.2) is 0 Å². The van der Waals surface area contributed by atoms with Crippen molar-refractivity contribution in [3.05, 3.63) is 29.3 Å². The second-order valence-corrected chi connectivity index (χ2v) is 5.64. The highest BCUT2D eigenvalue weighted by Crippen LogP contribution is 2.34. The Hall–Kier alpha value is -1.79. The highest BCUT2D eigenvalue weighted by molar-refractivity contribution is 7.86. The van der Waals surface area contributed by atoms with Gasteiger partial charge in [-0.1, -0.05) is 6.07 Å². The van der Waals surface area contributed by atoms with Gasteiger partial charge in [-0.3, -0.25) is 4.55 Å². The molecule has 2 aromatic rings. The van der Waals surface area contributed by atoms with Crippen LogP contribution in [0.2, 0.25) is 0 Å². The first-order chi connectivity index (χ1) is 8.21. The third kappa shape index (κ3) is 1.89. The fourth-order valence-electron chi connectivity index (χ4n) is 1.89. The summed E-state index contributed by atoms with van der Waals surface area (Å²) in [5.41, 5.74) is 7.02. The van der Waals surface area contributed by atoms with E-state index >= 15 is 0 Å². The number of phenols is 1. The van der Waals surface area contributed by atoms with Crippen LogP contribution >= 0.6 is 0 Å². The zero-order chi connectivity index (χ0) is 13.7. The van der Waals surface area contributed by atoms with Crippen LogP contribution in [0, 0.1) is 13.8 Å². The number of anilines is 1. The van der Waals surface area contributed by atoms with Gasteiger partial charge in [-0.25, -0.2) is 0 Å². The van der Waals surface area contributed by atoms with Gasteiger partial charge in [-0.2, -0.15) is 8.42 Å². The molecule has 0 fully saturated rings. The smallest absolute Gasteiger partial charge is 0.296 e. The zero-order valence-corrected chi connectivity index (χ0v) is 10.7. The third-order valence-electron chi connectivity index (χ3n) is 3.03. The summed E-state index contributed by atoms with van der Waals surface area (Å²) in [6.45, 7) is 3.56. The van der Waals surface area contributed by atoms with Crippen molar-refractivity contribution in [3.63, 3.8) is 0 Å². The molecule has 0 saturated carbocycles. The van der Waals surface area contributed by atoms with Crippen molar-refractivity contribution in [2.45, 2.75) is 18.7 Å². The lowest BCUT2D eigenvalue weighted by atomic mass is 10.0. The van der Waals surface area contributed by atoms with Crippen LogP contribution in [-0.2, 0) is 10.1 Å². The predicted octanol–water partition coefficient (Wildman–Crippen LogP) is 1.99. The predicted molar refractivity (Wildman–Crippen MR) is 69.3 cm³/mol. The SMILES string of the molecule is Cc1cc2cc(S(=O)(=O)O)c(N)cc2c(O)c1C. The van der Waals surface area contributed by atoms with Crippen molar-refractivity contribution in [1.29, 1.82) is 0 Å². The monoisotopic (exact) mass is 267 g/mol. The molecular formula is C12H13NO4S. The van der Waals surface area contributed by atoms with Crippen molar-refractivity contribution < 1.29 is 18.1 Å². The fourth-order valence-corrected chi connectivity index (χ4v) is 2.52. The van der Waals surface area contributed by atoms with Crippen molar-refractivity contribution in [1.82, 2.24) is 0 Å². The Balaban J connectivity index is 2.94. The number of rotatable bonds is 1. The molecule has 0 aliphatic rings. The number of benzene rings is 2. The molecule has 0 aliphatic heterocycles. The topological polar surface area (TPSA) is 101 Å². The second kappa shape index (κ2) is 3.86. The summed E-state index contributed by atoms with van der Waals surface area (Å²) in [5, 5.41) is 11.0. The zero-order valence-electron chi connectivity index (χ0n) is 9.93. The normalized spacial score (nSPS) is 11.9. The van der Waals surface area contributed by atoms with Gasteiger partial charge in [-0.15, -0.1) is 0 Å². The van der Waals surface area contributed by atoms with Crippen LogP contribution in [0.5, 0.6) is 5.75 Å². The summed E-state index contributed by atoms with van der Waals surface area (Å²) in [4.78, 5) is -0.349. The lowest BCUT2D eigenvalue weighted by Gasteiger charge is -2.10. The first kappa shape index (κ1) is 12.7. The first-order valence-electron chi connectivity index (χ1n) is 5.21. The molecule has 0 heterocycles. The van der Waals surface area contributed by atoms with E-state index in [1.165, 1.54) is 12.1 Å². The van der Waals surface area contributed by atoms with Crippen LogP contribution in [-0.4, -0.2) is 18.1 Å². The van der Waals surface area contributed by atoms with Crippen molar-refractivity contribution in [2.75, 3.05) is 5.73 Å². The molecule has 0 bridgehead atoms. The number of fused-ring (bicyclic) bond motifs is 1. The average Bonchev–Trinajstić information content (AvgIpc) is 2.25. The van der Waals surface area contributed by atoms with Gasteiger partial charge in [0, 0.05) is 5.39 Å². The molecule has 2 aromatic carbocycles. The van der Waals surface area contributed by atoms with Crippen LogP contribution in [0.15, 0.2) is 23.1 Å². The molecule has 96 valence electrons. The minimum atomic E-state index is -4.37. The molecule has 2 rings (SSSR count). The van der Waals surface area contributed by atoms with Crippen LogP contribution in [0.25, 0.3) is 10.8 Å². The van der Waals surface area contributed by atoms with Crippen molar-refractivity contribution >= 4 is 26.6 Å². The summed E-state index contributed by atoms with van der Waals surface area (Å²) in [5.74, 6) is 0.0681. The van der Waals surface area contributed by atoms with E-state index in [-0.39, 0.29) is 16.3 Å². The van der Waals surface area contributed by atoms with Gasteiger partial charge in [0.05, 0.1) is 5.69 Å². The van der Waals surface area contributed by atoms with E-state index in [2.05, 4.69) is 0 Å². The maximum absolute atomic E-state index is 11.1. The molecule has 0 atom stereocenters. The molecule has 0 amide bonds. The third-order valence-corrected chi connectivity index (χ3v) is 3.94. The number of hydrogen-bond donors (Lipinski definition) is 3. The molecule has 0 radical (unpaired) electrons. The highest BCUT2D eigenvalue weighted by atomic mass is 32.2. The van der Waals surface area contributed by atoms with E-state index in [1.54, 1.807) is 19.9 Å². The number of nitrogen functional groups attached to an aromatic ring is 1. The van der Waals surface area contributed by atoms with E-state index < -0.39 is 10.1 Å². The van der Waals surface area contributed by atoms with Gasteiger partial charge in [0.1, 0.15) is 10.6 Å². The van der Waals surface area contributed by atoms with E-state index in [0.29, 0.717) is 16.3 Å². The summed E-state index contributed by atoms with van der Waals surface area (Å²) in [7, 11) is -4.37. The van der Waals surface area contributed by atoms with E-state index in [0.717, 1.165) is 5.56 Å². The fraction of sp³-hybridized carbons (Fsp3) is 0.167.